The van der Waals surface area contributed by atoms with Crippen LogP contribution in [-0.4, -0.2) is 40.2 Å². The van der Waals surface area contributed by atoms with Crippen LogP contribution in [0.4, 0.5) is 0 Å². The molecule has 0 radical (unpaired) electrons. The van der Waals surface area contributed by atoms with Crippen molar-refractivity contribution in [3.05, 3.63) is 35.2 Å². The Morgan fingerprint density at radius 3 is 2.54 bits per heavy atom. The van der Waals surface area contributed by atoms with Gasteiger partial charge in [-0.3, -0.25) is 4.90 Å². The molecule has 24 heavy (non-hydrogen) atoms. The van der Waals surface area contributed by atoms with E-state index in [4.69, 9.17) is 16.1 Å². The smallest absolute Gasteiger partial charge is 0.241 e. The molecule has 2 bridgehead atoms. The van der Waals surface area contributed by atoms with Crippen LogP contribution >= 0.6 is 24.0 Å². The molecule has 5 nitrogen and oxygen atoms in total. The van der Waals surface area contributed by atoms with Crippen molar-refractivity contribution in [3.63, 3.8) is 0 Å². The highest BCUT2D eigenvalue weighted by Gasteiger charge is 2.35. The second-order valence-electron chi connectivity index (χ2n) is 6.70. The molecule has 0 spiro atoms. The average Bonchev–Trinajstić information content (AvgIpc) is 3.14. The van der Waals surface area contributed by atoms with Crippen LogP contribution in [0.3, 0.4) is 0 Å². The number of fused-ring (bicyclic) bond motifs is 2. The molecule has 2 saturated heterocycles. The summed E-state index contributed by atoms with van der Waals surface area (Å²) in [5, 5.41) is 8.47. The molecule has 1 aromatic heterocycles. The third-order valence-electron chi connectivity index (χ3n) is 5.03. The average molecular weight is 369 g/mol. The molecule has 7 heteroatoms. The fraction of sp³-hybridized carbons (Fsp3) is 0.529. The minimum Gasteiger partial charge on any atom is -0.338 e. The molecule has 2 aliphatic rings. The van der Waals surface area contributed by atoms with Crippen molar-refractivity contribution in [1.82, 2.24) is 20.4 Å². The van der Waals surface area contributed by atoms with Gasteiger partial charge in [-0.25, -0.2) is 0 Å². The zero-order valence-electron chi connectivity index (χ0n) is 13.6. The standard InChI is InChI=1S/C17H21ClN4O.ClH/c1-22(15-8-13-6-7-14(9-15)19-13)10-16-20-17(21-23-16)11-2-4-12(18)5-3-11;/h2-5,13-15,19H,6-10H2,1H3;1H. The zero-order valence-corrected chi connectivity index (χ0v) is 15.2. The molecule has 0 aliphatic carbocycles. The Labute approximate surface area is 153 Å². The highest BCUT2D eigenvalue weighted by atomic mass is 35.5. The summed E-state index contributed by atoms with van der Waals surface area (Å²) in [6.07, 6.45) is 5.06. The van der Waals surface area contributed by atoms with Crippen LogP contribution in [0, 0.1) is 0 Å². The van der Waals surface area contributed by atoms with E-state index in [-0.39, 0.29) is 12.4 Å². The summed E-state index contributed by atoms with van der Waals surface area (Å²) in [6.45, 7) is 0.699. The van der Waals surface area contributed by atoms with Gasteiger partial charge in [0.15, 0.2) is 0 Å². The summed E-state index contributed by atoms with van der Waals surface area (Å²) in [5.74, 6) is 1.29. The Morgan fingerprint density at radius 2 is 1.88 bits per heavy atom. The summed E-state index contributed by atoms with van der Waals surface area (Å²) in [5.41, 5.74) is 0.923. The first kappa shape index (κ1) is 17.7. The van der Waals surface area contributed by atoms with E-state index in [2.05, 4.69) is 27.4 Å². The molecule has 0 saturated carbocycles. The van der Waals surface area contributed by atoms with Gasteiger partial charge in [-0.15, -0.1) is 12.4 Å². The Morgan fingerprint density at radius 1 is 1.21 bits per heavy atom. The summed E-state index contributed by atoms with van der Waals surface area (Å²) in [4.78, 5) is 6.87. The molecule has 1 aromatic carbocycles. The Hall–Kier alpha value is -1.14. The van der Waals surface area contributed by atoms with Crippen molar-refractivity contribution in [2.75, 3.05) is 7.05 Å². The normalized spacial score (nSPS) is 25.7. The predicted octanol–water partition coefficient (Wildman–Crippen LogP) is 3.53. The molecular weight excluding hydrogens is 347 g/mol. The van der Waals surface area contributed by atoms with Gasteiger partial charge in [-0.2, -0.15) is 4.98 Å². The van der Waals surface area contributed by atoms with E-state index >= 15 is 0 Å². The van der Waals surface area contributed by atoms with Gasteiger partial charge in [0, 0.05) is 28.7 Å². The maximum Gasteiger partial charge on any atom is 0.241 e. The third kappa shape index (κ3) is 3.75. The minimum atomic E-state index is 0. The molecule has 2 unspecified atom stereocenters. The third-order valence-corrected chi connectivity index (χ3v) is 5.28. The molecule has 3 heterocycles. The van der Waals surface area contributed by atoms with Crippen LogP contribution < -0.4 is 5.32 Å². The molecule has 130 valence electrons. The minimum absolute atomic E-state index is 0. The first-order chi connectivity index (χ1) is 11.2. The number of rotatable bonds is 4. The lowest BCUT2D eigenvalue weighted by atomic mass is 9.98. The molecule has 2 aliphatic heterocycles. The second kappa shape index (κ2) is 7.40. The predicted molar refractivity (Wildman–Crippen MR) is 96.4 cm³/mol. The Balaban J connectivity index is 0.00000169. The van der Waals surface area contributed by atoms with Crippen molar-refractivity contribution >= 4 is 24.0 Å². The van der Waals surface area contributed by atoms with Crippen molar-refractivity contribution in [3.8, 4) is 11.4 Å². The summed E-state index contributed by atoms with van der Waals surface area (Å²) in [6, 6.07) is 9.46. The number of aromatic nitrogens is 2. The van der Waals surface area contributed by atoms with Crippen molar-refractivity contribution in [1.29, 1.82) is 0 Å². The second-order valence-corrected chi connectivity index (χ2v) is 7.13. The molecular formula is C17H22Cl2N4O. The van der Waals surface area contributed by atoms with Crippen molar-refractivity contribution in [2.45, 2.75) is 50.4 Å². The van der Waals surface area contributed by atoms with Crippen molar-refractivity contribution in [2.24, 2.45) is 0 Å². The lowest BCUT2D eigenvalue weighted by molar-refractivity contribution is 0.150. The lowest BCUT2D eigenvalue weighted by Crippen LogP contribution is -2.46. The van der Waals surface area contributed by atoms with E-state index in [1.54, 1.807) is 0 Å². The van der Waals surface area contributed by atoms with Gasteiger partial charge >= 0.3 is 0 Å². The largest absolute Gasteiger partial charge is 0.338 e. The fourth-order valence-electron chi connectivity index (χ4n) is 3.76. The van der Waals surface area contributed by atoms with Crippen LogP contribution in [-0.2, 0) is 6.54 Å². The van der Waals surface area contributed by atoms with Gasteiger partial charge in [0.05, 0.1) is 6.54 Å². The number of halogens is 2. The number of nitrogens with zero attached hydrogens (tertiary/aromatic N) is 3. The highest BCUT2D eigenvalue weighted by Crippen LogP contribution is 2.30. The number of hydrogen-bond donors (Lipinski definition) is 1. The van der Waals surface area contributed by atoms with Crippen LogP contribution in [0.15, 0.2) is 28.8 Å². The van der Waals surface area contributed by atoms with E-state index in [0.29, 0.717) is 41.4 Å². The number of nitrogens with one attached hydrogen (secondary N) is 1. The fourth-order valence-corrected chi connectivity index (χ4v) is 3.89. The molecule has 0 amide bonds. The first-order valence-electron chi connectivity index (χ1n) is 8.22. The Bertz CT molecular complexity index is 663. The maximum absolute atomic E-state index is 5.91. The van der Waals surface area contributed by atoms with E-state index in [1.807, 2.05) is 24.3 Å². The van der Waals surface area contributed by atoms with Crippen LogP contribution in [0.25, 0.3) is 11.4 Å². The maximum atomic E-state index is 5.91. The van der Waals surface area contributed by atoms with E-state index < -0.39 is 0 Å². The zero-order chi connectivity index (χ0) is 15.8. The van der Waals surface area contributed by atoms with Gasteiger partial charge in [0.2, 0.25) is 11.7 Å². The van der Waals surface area contributed by atoms with Crippen molar-refractivity contribution < 1.29 is 4.52 Å². The first-order valence-corrected chi connectivity index (χ1v) is 8.60. The monoisotopic (exact) mass is 368 g/mol. The quantitative estimate of drug-likeness (QED) is 0.894. The van der Waals surface area contributed by atoms with Gasteiger partial charge in [-0.1, -0.05) is 16.8 Å². The van der Waals surface area contributed by atoms with Crippen LogP contribution in [0.5, 0.6) is 0 Å². The van der Waals surface area contributed by atoms with Gasteiger partial charge in [0.1, 0.15) is 0 Å². The molecule has 4 rings (SSSR count). The summed E-state index contributed by atoms with van der Waals surface area (Å²) < 4.78 is 5.43. The SMILES string of the molecule is CN(Cc1nc(-c2ccc(Cl)cc2)no1)C1CC2CCC(C1)N2.Cl. The van der Waals surface area contributed by atoms with Crippen LogP contribution in [0.2, 0.25) is 5.02 Å². The summed E-state index contributed by atoms with van der Waals surface area (Å²) >= 11 is 5.91. The topological polar surface area (TPSA) is 54.2 Å². The molecule has 1 N–H and O–H groups in total. The van der Waals surface area contributed by atoms with Crippen LogP contribution in [0.1, 0.15) is 31.6 Å². The van der Waals surface area contributed by atoms with E-state index in [0.717, 1.165) is 5.56 Å². The number of piperidine rings is 1. The number of benzene rings is 1. The van der Waals surface area contributed by atoms with Gasteiger partial charge in [0.25, 0.3) is 0 Å². The number of hydrogen-bond acceptors (Lipinski definition) is 5. The Kier molecular flexibility index (Phi) is 5.45. The summed E-state index contributed by atoms with van der Waals surface area (Å²) in [7, 11) is 2.15. The molecule has 2 atom stereocenters. The lowest BCUT2D eigenvalue weighted by Gasteiger charge is -2.34. The van der Waals surface area contributed by atoms with Gasteiger partial charge in [-0.05, 0) is 57.0 Å². The van der Waals surface area contributed by atoms with Gasteiger partial charge < -0.3 is 9.84 Å². The van der Waals surface area contributed by atoms with E-state index in [1.165, 1.54) is 25.7 Å². The molecule has 2 fully saturated rings. The van der Waals surface area contributed by atoms with E-state index in [9.17, 15) is 0 Å². The highest BCUT2D eigenvalue weighted by molar-refractivity contribution is 6.30. The molecule has 2 aromatic rings.